The zero-order chi connectivity index (χ0) is 12.9. The average Bonchev–Trinajstić information content (AvgIpc) is 2.27. The minimum absolute atomic E-state index is 0.0348. The molecule has 0 heterocycles. The van der Waals surface area contributed by atoms with Crippen LogP contribution in [0.2, 0.25) is 0 Å². The Morgan fingerprint density at radius 3 is 2.41 bits per heavy atom. The van der Waals surface area contributed by atoms with E-state index in [2.05, 4.69) is 10.6 Å². The lowest BCUT2D eigenvalue weighted by Crippen LogP contribution is -2.52. The van der Waals surface area contributed by atoms with Crippen LogP contribution in [0.4, 0.5) is 0 Å². The van der Waals surface area contributed by atoms with Gasteiger partial charge >= 0.3 is 0 Å². The number of hydrogen-bond acceptors (Lipinski definition) is 3. The number of rotatable bonds is 5. The molecule has 0 aliphatic rings. The van der Waals surface area contributed by atoms with Gasteiger partial charge < -0.3 is 15.7 Å². The Morgan fingerprint density at radius 2 is 1.88 bits per heavy atom. The molecule has 0 unspecified atom stereocenters. The van der Waals surface area contributed by atoms with Gasteiger partial charge in [0.2, 0.25) is 5.91 Å². The van der Waals surface area contributed by atoms with Crippen molar-refractivity contribution in [2.45, 2.75) is 32.9 Å². The molecule has 3 N–H and O–H groups in total. The van der Waals surface area contributed by atoms with Crippen LogP contribution in [0.3, 0.4) is 0 Å². The molecule has 1 aromatic rings. The van der Waals surface area contributed by atoms with Crippen molar-refractivity contribution in [3.05, 3.63) is 29.8 Å². The summed E-state index contributed by atoms with van der Waals surface area (Å²) in [5.41, 5.74) is 0.398. The maximum absolute atomic E-state index is 11.9. The van der Waals surface area contributed by atoms with Crippen LogP contribution >= 0.6 is 0 Å². The van der Waals surface area contributed by atoms with Crippen LogP contribution in [0.5, 0.6) is 5.75 Å². The molecular formula is C13H20N2O2. The van der Waals surface area contributed by atoms with E-state index in [4.69, 9.17) is 5.11 Å². The molecular weight excluding hydrogens is 216 g/mol. The number of aromatic hydroxyl groups is 1. The predicted octanol–water partition coefficient (Wildman–Crippen LogP) is 1.40. The summed E-state index contributed by atoms with van der Waals surface area (Å²) in [6, 6.07) is 6.79. The van der Waals surface area contributed by atoms with Gasteiger partial charge in [-0.05, 0) is 38.1 Å². The fourth-order valence-electron chi connectivity index (χ4n) is 1.54. The Kier molecular flexibility index (Phi) is 4.52. The van der Waals surface area contributed by atoms with Crippen LogP contribution in [0.1, 0.15) is 26.3 Å². The third-order valence-corrected chi connectivity index (χ3v) is 2.58. The number of amides is 1. The Bertz CT molecular complexity index is 372. The summed E-state index contributed by atoms with van der Waals surface area (Å²) in [7, 11) is 0. The van der Waals surface area contributed by atoms with Gasteiger partial charge in [-0.2, -0.15) is 0 Å². The van der Waals surface area contributed by atoms with E-state index in [1.54, 1.807) is 24.3 Å². The second-order valence-corrected chi connectivity index (χ2v) is 4.50. The monoisotopic (exact) mass is 236 g/mol. The molecule has 1 aromatic carbocycles. The molecule has 0 aliphatic carbocycles. The SMILES string of the molecule is CCNC(C)(C)C(=O)NCc1ccc(O)cc1. The standard InChI is InChI=1S/C13H20N2O2/c1-4-15-13(2,3)12(17)14-9-10-5-7-11(16)8-6-10/h5-8,15-16H,4,9H2,1-3H3,(H,14,17). The summed E-state index contributed by atoms with van der Waals surface area (Å²) in [4.78, 5) is 11.9. The molecule has 0 saturated heterocycles. The molecule has 94 valence electrons. The Balaban J connectivity index is 2.50. The van der Waals surface area contributed by atoms with E-state index in [1.165, 1.54) is 0 Å². The molecule has 0 atom stereocenters. The van der Waals surface area contributed by atoms with Gasteiger partial charge in [-0.3, -0.25) is 4.79 Å². The van der Waals surface area contributed by atoms with E-state index in [-0.39, 0.29) is 11.7 Å². The second-order valence-electron chi connectivity index (χ2n) is 4.50. The summed E-state index contributed by atoms with van der Waals surface area (Å²) < 4.78 is 0. The number of hydrogen-bond donors (Lipinski definition) is 3. The first kappa shape index (κ1) is 13.5. The smallest absolute Gasteiger partial charge is 0.239 e. The van der Waals surface area contributed by atoms with Crippen molar-refractivity contribution in [3.63, 3.8) is 0 Å². The van der Waals surface area contributed by atoms with Gasteiger partial charge in [0.1, 0.15) is 5.75 Å². The lowest BCUT2D eigenvalue weighted by molar-refractivity contribution is -0.126. The van der Waals surface area contributed by atoms with Crippen LogP contribution in [-0.2, 0) is 11.3 Å². The quantitative estimate of drug-likeness (QED) is 0.724. The third-order valence-electron chi connectivity index (χ3n) is 2.58. The summed E-state index contributed by atoms with van der Waals surface area (Å²) in [5.74, 6) is 0.195. The maximum atomic E-state index is 11.9. The largest absolute Gasteiger partial charge is 0.508 e. The topological polar surface area (TPSA) is 61.4 Å². The molecule has 17 heavy (non-hydrogen) atoms. The highest BCUT2D eigenvalue weighted by Gasteiger charge is 2.25. The Hall–Kier alpha value is -1.55. The number of carbonyl (C=O) groups is 1. The Labute approximate surface area is 102 Å². The van der Waals surface area contributed by atoms with Crippen molar-refractivity contribution >= 4 is 5.91 Å². The van der Waals surface area contributed by atoms with Crippen molar-refractivity contribution in [1.82, 2.24) is 10.6 Å². The fraction of sp³-hybridized carbons (Fsp3) is 0.462. The second kappa shape index (κ2) is 5.68. The van der Waals surface area contributed by atoms with Crippen LogP contribution in [0.15, 0.2) is 24.3 Å². The fourth-order valence-corrected chi connectivity index (χ4v) is 1.54. The molecule has 1 rings (SSSR count). The minimum Gasteiger partial charge on any atom is -0.508 e. The molecule has 4 heteroatoms. The molecule has 0 aliphatic heterocycles. The highest BCUT2D eigenvalue weighted by Crippen LogP contribution is 2.09. The lowest BCUT2D eigenvalue weighted by Gasteiger charge is -2.24. The Morgan fingerprint density at radius 1 is 1.29 bits per heavy atom. The molecule has 0 saturated carbocycles. The summed E-state index contributed by atoms with van der Waals surface area (Å²) in [6.45, 7) is 6.88. The number of carbonyl (C=O) groups excluding carboxylic acids is 1. The first-order chi connectivity index (χ1) is 7.95. The zero-order valence-electron chi connectivity index (χ0n) is 10.6. The summed E-state index contributed by atoms with van der Waals surface area (Å²) in [5, 5.41) is 15.1. The number of benzene rings is 1. The maximum Gasteiger partial charge on any atom is 0.239 e. The third kappa shape index (κ3) is 4.07. The van der Waals surface area contributed by atoms with Gasteiger partial charge in [-0.1, -0.05) is 19.1 Å². The highest BCUT2D eigenvalue weighted by atomic mass is 16.3. The van der Waals surface area contributed by atoms with Crippen molar-refractivity contribution in [1.29, 1.82) is 0 Å². The molecule has 0 spiro atoms. The summed E-state index contributed by atoms with van der Waals surface area (Å²) in [6.07, 6.45) is 0. The normalized spacial score (nSPS) is 11.2. The number of phenols is 1. The average molecular weight is 236 g/mol. The van der Waals surface area contributed by atoms with Gasteiger partial charge in [0.25, 0.3) is 0 Å². The highest BCUT2D eigenvalue weighted by molar-refractivity contribution is 5.85. The predicted molar refractivity (Wildman–Crippen MR) is 67.7 cm³/mol. The van der Waals surface area contributed by atoms with E-state index in [0.29, 0.717) is 6.54 Å². The molecule has 1 amide bonds. The lowest BCUT2D eigenvalue weighted by atomic mass is 10.0. The van der Waals surface area contributed by atoms with Crippen molar-refractivity contribution in [2.24, 2.45) is 0 Å². The number of phenolic OH excluding ortho intramolecular Hbond substituents is 1. The van der Waals surface area contributed by atoms with Crippen LogP contribution < -0.4 is 10.6 Å². The zero-order valence-corrected chi connectivity index (χ0v) is 10.6. The van der Waals surface area contributed by atoms with Gasteiger partial charge in [0.15, 0.2) is 0 Å². The van der Waals surface area contributed by atoms with Crippen molar-refractivity contribution in [3.8, 4) is 5.75 Å². The van der Waals surface area contributed by atoms with E-state index in [9.17, 15) is 4.79 Å². The van der Waals surface area contributed by atoms with Crippen LogP contribution in [-0.4, -0.2) is 23.1 Å². The van der Waals surface area contributed by atoms with Gasteiger partial charge in [-0.25, -0.2) is 0 Å². The van der Waals surface area contributed by atoms with Crippen molar-refractivity contribution in [2.75, 3.05) is 6.54 Å². The summed E-state index contributed by atoms with van der Waals surface area (Å²) >= 11 is 0. The molecule has 4 nitrogen and oxygen atoms in total. The van der Waals surface area contributed by atoms with Gasteiger partial charge in [0.05, 0.1) is 5.54 Å². The van der Waals surface area contributed by atoms with Crippen LogP contribution in [0, 0.1) is 0 Å². The van der Waals surface area contributed by atoms with E-state index < -0.39 is 5.54 Å². The van der Waals surface area contributed by atoms with Crippen molar-refractivity contribution < 1.29 is 9.90 Å². The van der Waals surface area contributed by atoms with Gasteiger partial charge in [-0.15, -0.1) is 0 Å². The molecule has 0 fully saturated rings. The minimum atomic E-state index is -0.564. The van der Waals surface area contributed by atoms with Crippen LogP contribution in [0.25, 0.3) is 0 Å². The number of likely N-dealkylation sites (N-methyl/N-ethyl adjacent to an activating group) is 1. The first-order valence-corrected chi connectivity index (χ1v) is 5.77. The van der Waals surface area contributed by atoms with E-state index in [0.717, 1.165) is 12.1 Å². The molecule has 0 bridgehead atoms. The van der Waals surface area contributed by atoms with Gasteiger partial charge in [0, 0.05) is 6.54 Å². The molecule has 0 radical (unpaired) electrons. The van der Waals surface area contributed by atoms with E-state index in [1.807, 2.05) is 20.8 Å². The van der Waals surface area contributed by atoms with E-state index >= 15 is 0 Å². The molecule has 0 aromatic heterocycles. The first-order valence-electron chi connectivity index (χ1n) is 5.77. The number of nitrogens with one attached hydrogen (secondary N) is 2.